The molecule has 40 valence electrons. The minimum atomic E-state index is -1.10. The number of carboxylic acid groups (broad SMARTS) is 1. The monoisotopic (exact) mass is 124 g/mol. The van der Waals surface area contributed by atoms with Crippen LogP contribution in [-0.4, -0.2) is 17.4 Å². The quantitative estimate of drug-likeness (QED) is 0.241. The van der Waals surface area contributed by atoms with Crippen LogP contribution in [0.5, 0.6) is 0 Å². The summed E-state index contributed by atoms with van der Waals surface area (Å²) < 4.78 is 0. The van der Waals surface area contributed by atoms with E-state index in [9.17, 15) is 9.59 Å². The molecule has 0 fully saturated rings. The fourth-order valence-electron chi connectivity index (χ4n) is 0.122. The van der Waals surface area contributed by atoms with Crippen molar-refractivity contribution in [2.24, 2.45) is 0 Å². The predicted molar refractivity (Wildman–Crippen MR) is 24.0 cm³/mol. The third-order valence-electron chi connectivity index (χ3n) is 0.317. The fourth-order valence-corrected chi connectivity index (χ4v) is 0.122. The molecule has 0 radical (unpaired) electrons. The summed E-state index contributed by atoms with van der Waals surface area (Å²) in [6.45, 7) is 0. The first-order valence-corrected chi connectivity index (χ1v) is 1.62. The molecule has 0 rings (SSSR count). The van der Waals surface area contributed by atoms with Crippen molar-refractivity contribution in [2.75, 3.05) is 0 Å². The van der Waals surface area contributed by atoms with Crippen molar-refractivity contribution in [3.8, 4) is 0 Å². The number of aldehydes is 1. The Bertz CT molecular complexity index is 112. The average molecular weight is 124 g/mol. The first kappa shape index (κ1) is 10.8. The molecule has 4 heteroatoms. The molecule has 0 bridgehead atoms. The second kappa shape index (κ2) is 6.88. The first-order chi connectivity index (χ1) is 3.27. The molecule has 0 saturated carbocycles. The van der Waals surface area contributed by atoms with Gasteiger partial charge in [0.1, 0.15) is 6.29 Å². The third-order valence-corrected chi connectivity index (χ3v) is 0.317. The molecule has 0 aromatic rings. The van der Waals surface area contributed by atoms with Crippen molar-refractivity contribution in [3.63, 3.8) is 0 Å². The summed E-state index contributed by atoms with van der Waals surface area (Å²) in [6.07, 6.45) is 2.10. The number of hydrogen-bond acceptors (Lipinski definition) is 2. The molecule has 0 aliphatic rings. The van der Waals surface area contributed by atoms with E-state index in [-0.39, 0.29) is 31.0 Å². The second-order valence-electron chi connectivity index (χ2n) is 0.833. The molecule has 0 atom stereocenters. The van der Waals surface area contributed by atoms with Gasteiger partial charge in [0.2, 0.25) is 0 Å². The van der Waals surface area contributed by atoms with E-state index < -0.39 is 5.97 Å². The molecular weight excluding hydrogens is 119 g/mol. The first-order valence-electron chi connectivity index (χ1n) is 1.62. The van der Waals surface area contributed by atoms with E-state index in [0.29, 0.717) is 6.29 Å². The SMILES string of the molecule is O=CC=CC(=O)O.[H-].[Na+]. The van der Waals surface area contributed by atoms with Crippen molar-refractivity contribution >= 4 is 12.3 Å². The van der Waals surface area contributed by atoms with Gasteiger partial charge in [0.25, 0.3) is 0 Å². The number of allylic oxidation sites excluding steroid dienone is 1. The number of hydrogen-bond donors (Lipinski definition) is 1. The van der Waals surface area contributed by atoms with Crippen LogP contribution >= 0.6 is 0 Å². The number of aliphatic carboxylic acids is 1. The van der Waals surface area contributed by atoms with Crippen LogP contribution in [0.1, 0.15) is 1.43 Å². The molecule has 0 aromatic carbocycles. The van der Waals surface area contributed by atoms with Crippen molar-refractivity contribution in [1.29, 1.82) is 0 Å². The summed E-state index contributed by atoms with van der Waals surface area (Å²) >= 11 is 0. The Balaban J connectivity index is -0.000000180. The Morgan fingerprint density at radius 3 is 2.25 bits per heavy atom. The third kappa shape index (κ3) is 9.30. The molecule has 0 saturated heterocycles. The van der Waals surface area contributed by atoms with Gasteiger partial charge < -0.3 is 6.53 Å². The second-order valence-corrected chi connectivity index (χ2v) is 0.833. The maximum absolute atomic E-state index is 9.51. The van der Waals surface area contributed by atoms with Gasteiger partial charge in [-0.15, -0.1) is 0 Å². The predicted octanol–water partition coefficient (Wildman–Crippen LogP) is -3.06. The van der Waals surface area contributed by atoms with E-state index in [1.54, 1.807) is 0 Å². The van der Waals surface area contributed by atoms with Crippen molar-refractivity contribution in [3.05, 3.63) is 12.2 Å². The zero-order valence-corrected chi connectivity index (χ0v) is 6.50. The zero-order valence-electron chi connectivity index (χ0n) is 5.50. The van der Waals surface area contributed by atoms with Gasteiger partial charge in [-0.25, -0.2) is 4.79 Å². The summed E-state index contributed by atoms with van der Waals surface area (Å²) in [5, 5.41) is 7.80. The van der Waals surface area contributed by atoms with E-state index in [1.165, 1.54) is 0 Å². The van der Waals surface area contributed by atoms with Crippen LogP contribution in [0.25, 0.3) is 0 Å². The Hall–Kier alpha value is -0.120. The van der Waals surface area contributed by atoms with E-state index >= 15 is 0 Å². The standard InChI is InChI=1S/C4H4O3.Na.H/c5-3-1-2-4(6)7;;/h1-3H,(H,6,7);;/q;+1;-1. The molecule has 0 spiro atoms. The van der Waals surface area contributed by atoms with Crippen LogP contribution in [0.2, 0.25) is 0 Å². The van der Waals surface area contributed by atoms with Gasteiger partial charge in [0.15, 0.2) is 0 Å². The van der Waals surface area contributed by atoms with Crippen LogP contribution in [0.3, 0.4) is 0 Å². The maximum atomic E-state index is 9.51. The van der Waals surface area contributed by atoms with Gasteiger partial charge in [0.05, 0.1) is 0 Å². The molecular formula is C4H5NaO3. The summed E-state index contributed by atoms with van der Waals surface area (Å²) in [5.41, 5.74) is 0. The normalized spacial score (nSPS) is 8.00. The Kier molecular flexibility index (Phi) is 9.28. The number of rotatable bonds is 2. The van der Waals surface area contributed by atoms with Crippen LogP contribution < -0.4 is 29.6 Å². The van der Waals surface area contributed by atoms with Gasteiger partial charge in [0, 0.05) is 6.08 Å². The van der Waals surface area contributed by atoms with Gasteiger partial charge >= 0.3 is 35.5 Å². The van der Waals surface area contributed by atoms with E-state index in [0.717, 1.165) is 12.2 Å². The van der Waals surface area contributed by atoms with Crippen LogP contribution in [0.4, 0.5) is 0 Å². The van der Waals surface area contributed by atoms with Crippen LogP contribution in [0, 0.1) is 0 Å². The summed E-state index contributed by atoms with van der Waals surface area (Å²) in [6, 6.07) is 0. The summed E-state index contributed by atoms with van der Waals surface area (Å²) in [4.78, 5) is 18.9. The molecule has 0 amide bonds. The van der Waals surface area contributed by atoms with Crippen LogP contribution in [-0.2, 0) is 9.59 Å². The zero-order chi connectivity index (χ0) is 5.70. The molecule has 8 heavy (non-hydrogen) atoms. The molecule has 0 aliphatic heterocycles. The topological polar surface area (TPSA) is 54.4 Å². The smallest absolute Gasteiger partial charge is 1.00 e. The van der Waals surface area contributed by atoms with Gasteiger partial charge in [-0.2, -0.15) is 0 Å². The van der Waals surface area contributed by atoms with Crippen LogP contribution in [0.15, 0.2) is 12.2 Å². The Morgan fingerprint density at radius 1 is 1.62 bits per heavy atom. The molecule has 0 heterocycles. The molecule has 0 aromatic heterocycles. The van der Waals surface area contributed by atoms with Gasteiger partial charge in [-0.3, -0.25) is 4.79 Å². The van der Waals surface area contributed by atoms with Gasteiger partial charge in [-0.05, 0) is 6.08 Å². The number of carboxylic acids is 1. The Morgan fingerprint density at radius 2 is 2.12 bits per heavy atom. The van der Waals surface area contributed by atoms with Crippen molar-refractivity contribution in [2.45, 2.75) is 0 Å². The number of carbonyl (C=O) groups excluding carboxylic acids is 1. The molecule has 0 aliphatic carbocycles. The minimum absolute atomic E-state index is 0. The van der Waals surface area contributed by atoms with E-state index in [2.05, 4.69) is 0 Å². The van der Waals surface area contributed by atoms with Gasteiger partial charge in [-0.1, -0.05) is 0 Å². The fraction of sp³-hybridized carbons (Fsp3) is 0. The Labute approximate surface area is 70.2 Å². The molecule has 0 unspecified atom stereocenters. The minimum Gasteiger partial charge on any atom is -1.00 e. The maximum Gasteiger partial charge on any atom is 1.00 e. The molecule has 3 nitrogen and oxygen atoms in total. The number of carbonyl (C=O) groups is 2. The average Bonchev–Trinajstić information content (AvgIpc) is 1.61. The largest absolute Gasteiger partial charge is 1.00 e. The summed E-state index contributed by atoms with van der Waals surface area (Å²) in [5.74, 6) is -1.10. The van der Waals surface area contributed by atoms with E-state index in [1.807, 2.05) is 0 Å². The van der Waals surface area contributed by atoms with Crippen molar-refractivity contribution in [1.82, 2.24) is 0 Å². The molecule has 1 N–H and O–H groups in total. The van der Waals surface area contributed by atoms with E-state index in [4.69, 9.17) is 5.11 Å². The van der Waals surface area contributed by atoms with Crippen molar-refractivity contribution < 1.29 is 45.7 Å². The summed E-state index contributed by atoms with van der Waals surface area (Å²) in [7, 11) is 0.